The molecule has 48 heavy (non-hydrogen) atoms. The van der Waals surface area contributed by atoms with Gasteiger partial charge in [-0.2, -0.15) is 0 Å². The van der Waals surface area contributed by atoms with Crippen LogP contribution in [0.3, 0.4) is 0 Å². The summed E-state index contributed by atoms with van der Waals surface area (Å²) in [6.45, 7) is 5.08. The topological polar surface area (TPSA) is 167 Å². The van der Waals surface area contributed by atoms with Gasteiger partial charge >= 0.3 is 17.9 Å². The van der Waals surface area contributed by atoms with E-state index in [0.29, 0.717) is 17.9 Å². The molecule has 13 nitrogen and oxygen atoms in total. The number of hydrogen-bond acceptors (Lipinski definition) is 12. The number of esters is 3. The van der Waals surface area contributed by atoms with Crippen molar-refractivity contribution in [3.63, 3.8) is 0 Å². The van der Waals surface area contributed by atoms with Crippen molar-refractivity contribution in [1.29, 1.82) is 0 Å². The molecule has 0 heterocycles. The van der Waals surface area contributed by atoms with Crippen molar-refractivity contribution in [2.75, 3.05) is 20.3 Å². The number of non-ortho nitro benzene ring substituents is 1. The van der Waals surface area contributed by atoms with Gasteiger partial charge in [-0.25, -0.2) is 0 Å². The molecule has 0 amide bonds. The quantitative estimate of drug-likeness (QED) is 0.0494. The Morgan fingerprint density at radius 1 is 0.750 bits per heavy atom. The summed E-state index contributed by atoms with van der Waals surface area (Å²) in [7, 11) is 1.48. The van der Waals surface area contributed by atoms with E-state index in [2.05, 4.69) is 0 Å². The summed E-state index contributed by atoms with van der Waals surface area (Å²) < 4.78 is 33.0. The third-order valence-electron chi connectivity index (χ3n) is 6.72. The number of ether oxygens (including phenoxy) is 6. The molecule has 0 fully saturated rings. The summed E-state index contributed by atoms with van der Waals surface area (Å²) in [6, 6.07) is 14.5. The van der Waals surface area contributed by atoms with E-state index < -0.39 is 41.1 Å². The molecular formula is C34H49BNO12. The maximum atomic E-state index is 13.0. The lowest BCUT2D eigenvalue weighted by atomic mass is 10.1. The number of carbonyl (C=O) groups excluding carboxylic acids is 4. The average Bonchev–Trinajstić information content (AvgIpc) is 3.00. The number of hydrogen-bond donors (Lipinski definition) is 0. The molecule has 2 aromatic carbocycles. The van der Waals surface area contributed by atoms with Gasteiger partial charge in [0.2, 0.25) is 0 Å². The highest BCUT2D eigenvalue weighted by atomic mass is 16.6. The lowest BCUT2D eigenvalue weighted by Crippen LogP contribution is -2.30. The number of nitro benzene ring substituents is 1. The molecule has 0 saturated carbocycles. The first-order valence-corrected chi connectivity index (χ1v) is 15.1. The van der Waals surface area contributed by atoms with Crippen LogP contribution < -0.4 is 9.47 Å². The second-order valence-electron chi connectivity index (χ2n) is 10.6. The van der Waals surface area contributed by atoms with Crippen molar-refractivity contribution in [3.8, 4) is 11.5 Å². The lowest BCUT2D eigenvalue weighted by molar-refractivity contribution is -0.384. The highest BCUT2D eigenvalue weighted by Gasteiger charge is 2.26. The van der Waals surface area contributed by atoms with E-state index >= 15 is 0 Å². The van der Waals surface area contributed by atoms with Gasteiger partial charge in [0, 0.05) is 48.3 Å². The standard InChI is InChI=1S/C33H43NO12.CH4.B.H2/c1-5-26(44-31(36)20-24(3)41-4)21-32(37)46-30(16-18-43-28-13-11-25(12-14-28)34(39)40)22-33(38)45-29(19-23(2)35)15-17-42-27-9-7-6-8-10-27;;;/h6-14,24,26,29-30H,5,15-22H2,1-4H3;1H4;;1H/i;;;1+1. The maximum absolute atomic E-state index is 13.0. The van der Waals surface area contributed by atoms with Gasteiger partial charge in [0.15, 0.2) is 0 Å². The number of nitrogens with zero attached hydrogens (tertiary/aromatic N) is 1. The molecule has 0 aliphatic carbocycles. The molecule has 2 aromatic rings. The van der Waals surface area contributed by atoms with Crippen molar-refractivity contribution in [2.24, 2.45) is 0 Å². The summed E-state index contributed by atoms with van der Waals surface area (Å²) in [6.07, 6.45) is -2.66. The van der Waals surface area contributed by atoms with Crippen LogP contribution in [0.4, 0.5) is 5.69 Å². The minimum absolute atomic E-state index is 0. The maximum Gasteiger partial charge on any atom is 0.309 e. The van der Waals surface area contributed by atoms with Crippen molar-refractivity contribution < 1.29 is 53.9 Å². The molecule has 4 unspecified atom stereocenters. The highest BCUT2D eigenvalue weighted by Crippen LogP contribution is 2.19. The number of para-hydroxylation sites is 1. The van der Waals surface area contributed by atoms with Crippen molar-refractivity contribution in [3.05, 3.63) is 64.7 Å². The van der Waals surface area contributed by atoms with E-state index in [0.717, 1.165) is 0 Å². The van der Waals surface area contributed by atoms with Crippen LogP contribution in [0.5, 0.6) is 11.5 Å². The van der Waals surface area contributed by atoms with Gasteiger partial charge in [-0.15, -0.1) is 0 Å². The van der Waals surface area contributed by atoms with Crippen LogP contribution in [-0.4, -0.2) is 81.8 Å². The van der Waals surface area contributed by atoms with Crippen LogP contribution in [0, 0.1) is 10.1 Å². The third kappa shape index (κ3) is 18.0. The molecule has 0 bridgehead atoms. The normalized spacial score (nSPS) is 12.8. The fourth-order valence-electron chi connectivity index (χ4n) is 4.18. The molecule has 0 aliphatic rings. The molecule has 265 valence electrons. The zero-order valence-corrected chi connectivity index (χ0v) is 27.3. The van der Waals surface area contributed by atoms with E-state index in [1.807, 2.05) is 18.2 Å². The van der Waals surface area contributed by atoms with E-state index in [-0.39, 0.29) is 86.6 Å². The summed E-state index contributed by atoms with van der Waals surface area (Å²) >= 11 is 0. The summed E-state index contributed by atoms with van der Waals surface area (Å²) in [4.78, 5) is 60.3. The first kappa shape index (κ1) is 43.5. The Morgan fingerprint density at radius 2 is 1.21 bits per heavy atom. The number of methoxy groups -OCH3 is 1. The molecule has 4 atom stereocenters. The van der Waals surface area contributed by atoms with Crippen LogP contribution in [0.15, 0.2) is 54.6 Å². The second kappa shape index (κ2) is 23.8. The summed E-state index contributed by atoms with van der Waals surface area (Å²) in [5.74, 6) is -1.08. The van der Waals surface area contributed by atoms with Crippen LogP contribution in [-0.2, 0) is 38.1 Å². The number of carbonyl (C=O) groups is 4. The largest absolute Gasteiger partial charge is 0.493 e. The van der Waals surface area contributed by atoms with Gasteiger partial charge < -0.3 is 28.4 Å². The SMILES string of the molecule is C.CCC(CC(=O)OC(CCOc1ccc([N+](=O)[O-])cc1)CC(=O)OC(CCOc1ccccc1)CC(C)=O)OC(=O)CC(C)OC.[2HH].[B]. The van der Waals surface area contributed by atoms with Gasteiger partial charge in [-0.05, 0) is 44.5 Å². The smallest absolute Gasteiger partial charge is 0.309 e. The van der Waals surface area contributed by atoms with Crippen molar-refractivity contribution in [2.45, 2.75) is 97.6 Å². The first-order valence-electron chi connectivity index (χ1n) is 15.1. The third-order valence-corrected chi connectivity index (χ3v) is 6.72. The second-order valence-corrected chi connectivity index (χ2v) is 10.6. The van der Waals surface area contributed by atoms with Gasteiger partial charge in [0.25, 0.3) is 5.69 Å². The minimum atomic E-state index is -0.974. The van der Waals surface area contributed by atoms with Crippen LogP contribution >= 0.6 is 0 Å². The van der Waals surface area contributed by atoms with Gasteiger partial charge in [0.05, 0.1) is 43.5 Å². The van der Waals surface area contributed by atoms with Crippen LogP contribution in [0.25, 0.3) is 0 Å². The van der Waals surface area contributed by atoms with Gasteiger partial charge in [-0.1, -0.05) is 32.5 Å². The van der Waals surface area contributed by atoms with Gasteiger partial charge in [0.1, 0.15) is 35.6 Å². The first-order chi connectivity index (χ1) is 22.0. The predicted octanol–water partition coefficient (Wildman–Crippen LogP) is 5.66. The number of Topliss-reactive ketones (excluding diaryl/α,β-unsaturated/α-hetero) is 1. The van der Waals surface area contributed by atoms with E-state index in [4.69, 9.17) is 28.4 Å². The number of benzene rings is 2. The molecule has 0 aromatic heterocycles. The number of nitro groups is 1. The molecule has 0 saturated heterocycles. The number of ketones is 1. The Hall–Kier alpha value is -4.46. The predicted molar refractivity (Wildman–Crippen MR) is 180 cm³/mol. The summed E-state index contributed by atoms with van der Waals surface area (Å²) in [5, 5.41) is 10.9. The Balaban J connectivity index is 0. The lowest BCUT2D eigenvalue weighted by Gasteiger charge is -2.22. The molecule has 0 N–H and O–H groups in total. The zero-order chi connectivity index (χ0) is 33.9. The van der Waals surface area contributed by atoms with Gasteiger partial charge in [-0.3, -0.25) is 29.3 Å². The Bertz CT molecular complexity index is 1270. The molecular weight excluding hydrogens is 625 g/mol. The Morgan fingerprint density at radius 3 is 1.69 bits per heavy atom. The molecule has 3 radical (unpaired) electrons. The molecule has 0 spiro atoms. The van der Waals surface area contributed by atoms with E-state index in [1.165, 1.54) is 38.3 Å². The summed E-state index contributed by atoms with van der Waals surface area (Å²) in [5.41, 5.74) is -0.0981. The molecule has 0 aliphatic heterocycles. The molecule has 2 rings (SSSR count). The molecule has 14 heteroatoms. The van der Waals surface area contributed by atoms with Crippen LogP contribution in [0.1, 0.15) is 74.6 Å². The monoisotopic (exact) mass is 675 g/mol. The Labute approximate surface area is 285 Å². The fourth-order valence-corrected chi connectivity index (χ4v) is 4.18. The van der Waals surface area contributed by atoms with Crippen molar-refractivity contribution >= 4 is 37.8 Å². The average molecular weight is 676 g/mol. The van der Waals surface area contributed by atoms with E-state index in [1.54, 1.807) is 26.0 Å². The minimum Gasteiger partial charge on any atom is -0.493 e. The highest BCUT2D eigenvalue weighted by molar-refractivity contribution is 5.77. The van der Waals surface area contributed by atoms with E-state index in [9.17, 15) is 29.3 Å². The van der Waals surface area contributed by atoms with Crippen LogP contribution in [0.2, 0.25) is 0 Å². The number of rotatable bonds is 22. The fraction of sp³-hybridized carbons (Fsp3) is 0.529. The zero-order valence-electron chi connectivity index (χ0n) is 27.3. The van der Waals surface area contributed by atoms with Crippen molar-refractivity contribution in [1.82, 2.24) is 0 Å². The Kier molecular flexibility index (Phi) is 21.6.